The van der Waals surface area contributed by atoms with Gasteiger partial charge in [0.05, 0.1) is 22.3 Å². The van der Waals surface area contributed by atoms with Crippen LogP contribution in [0.2, 0.25) is 0 Å². The molecule has 1 heterocycles. The number of aromatic nitrogens is 2. The molecule has 0 amide bonds. The lowest BCUT2D eigenvalue weighted by molar-refractivity contribution is -0.384. The Morgan fingerprint density at radius 3 is 2.94 bits per heavy atom. The highest BCUT2D eigenvalue weighted by atomic mass is 16.6. The number of benzene rings is 1. The smallest absolute Gasteiger partial charge is 0.271 e. The molecule has 0 aliphatic rings. The van der Waals surface area contributed by atoms with E-state index in [-0.39, 0.29) is 10.6 Å². The molecule has 0 radical (unpaired) electrons. The van der Waals surface area contributed by atoms with Gasteiger partial charge in [-0.05, 0) is 19.4 Å². The standard InChI is InChI=1S/C11H13N3O2/c1-3-8(2)13-7-12-10-5-4-9(14(15)16)6-11(10)13/h4-8H,3H2,1-2H3. The molecular formula is C11H13N3O2. The van der Waals surface area contributed by atoms with Gasteiger partial charge in [-0.15, -0.1) is 0 Å². The third-order valence-electron chi connectivity index (χ3n) is 2.83. The maximum Gasteiger partial charge on any atom is 0.271 e. The molecule has 0 aliphatic heterocycles. The lowest BCUT2D eigenvalue weighted by Gasteiger charge is -2.10. The highest BCUT2D eigenvalue weighted by Crippen LogP contribution is 2.23. The van der Waals surface area contributed by atoms with Gasteiger partial charge in [-0.25, -0.2) is 4.98 Å². The molecule has 5 heteroatoms. The monoisotopic (exact) mass is 219 g/mol. The van der Waals surface area contributed by atoms with Crippen molar-refractivity contribution in [2.75, 3.05) is 0 Å². The molecule has 0 fully saturated rings. The first-order valence-corrected chi connectivity index (χ1v) is 5.24. The van der Waals surface area contributed by atoms with Crippen LogP contribution in [-0.4, -0.2) is 14.5 Å². The first-order chi connectivity index (χ1) is 7.63. The highest BCUT2D eigenvalue weighted by Gasteiger charge is 2.12. The first-order valence-electron chi connectivity index (χ1n) is 5.24. The summed E-state index contributed by atoms with van der Waals surface area (Å²) in [5.41, 5.74) is 1.73. The predicted molar refractivity (Wildman–Crippen MR) is 61.4 cm³/mol. The molecule has 0 aliphatic carbocycles. The fourth-order valence-corrected chi connectivity index (χ4v) is 1.68. The van der Waals surface area contributed by atoms with Gasteiger partial charge < -0.3 is 4.57 Å². The number of imidazole rings is 1. The number of fused-ring (bicyclic) bond motifs is 1. The normalized spacial score (nSPS) is 12.9. The van der Waals surface area contributed by atoms with Crippen LogP contribution in [0.5, 0.6) is 0 Å². The second-order valence-corrected chi connectivity index (χ2v) is 3.84. The number of nitro benzene ring substituents is 1. The Hall–Kier alpha value is -1.91. The zero-order valence-electron chi connectivity index (χ0n) is 9.25. The van der Waals surface area contributed by atoms with Crippen molar-refractivity contribution in [1.29, 1.82) is 0 Å². The van der Waals surface area contributed by atoms with Crippen molar-refractivity contribution in [2.45, 2.75) is 26.3 Å². The summed E-state index contributed by atoms with van der Waals surface area (Å²) in [7, 11) is 0. The predicted octanol–water partition coefficient (Wildman–Crippen LogP) is 2.92. The van der Waals surface area contributed by atoms with Crippen LogP contribution in [0.4, 0.5) is 5.69 Å². The number of hydrogen-bond acceptors (Lipinski definition) is 3. The van der Waals surface area contributed by atoms with Gasteiger partial charge in [0, 0.05) is 18.2 Å². The SMILES string of the molecule is CCC(C)n1cnc2ccc([N+](=O)[O-])cc21. The average Bonchev–Trinajstić information content (AvgIpc) is 2.70. The molecule has 0 bridgehead atoms. The Labute approximate surface area is 92.9 Å². The molecule has 1 unspecified atom stereocenters. The van der Waals surface area contributed by atoms with Crippen molar-refractivity contribution in [3.8, 4) is 0 Å². The summed E-state index contributed by atoms with van der Waals surface area (Å²) in [4.78, 5) is 14.5. The first kappa shape index (κ1) is 10.6. The molecule has 0 saturated carbocycles. The van der Waals surface area contributed by atoms with E-state index in [4.69, 9.17) is 0 Å². The second-order valence-electron chi connectivity index (χ2n) is 3.84. The summed E-state index contributed by atoms with van der Waals surface area (Å²) in [5.74, 6) is 0. The molecular weight excluding hydrogens is 206 g/mol. The molecule has 1 atom stereocenters. The van der Waals surface area contributed by atoms with Gasteiger partial charge in [0.2, 0.25) is 0 Å². The van der Waals surface area contributed by atoms with E-state index in [1.54, 1.807) is 18.5 Å². The summed E-state index contributed by atoms with van der Waals surface area (Å²) in [6.07, 6.45) is 2.71. The highest BCUT2D eigenvalue weighted by molar-refractivity contribution is 5.78. The third-order valence-corrected chi connectivity index (χ3v) is 2.83. The van der Waals surface area contributed by atoms with E-state index in [1.165, 1.54) is 6.07 Å². The maximum absolute atomic E-state index is 10.7. The Balaban J connectivity index is 2.60. The molecule has 2 aromatic rings. The van der Waals surface area contributed by atoms with Gasteiger partial charge in [-0.2, -0.15) is 0 Å². The zero-order chi connectivity index (χ0) is 11.7. The zero-order valence-corrected chi connectivity index (χ0v) is 9.25. The van der Waals surface area contributed by atoms with Crippen molar-refractivity contribution in [1.82, 2.24) is 9.55 Å². The topological polar surface area (TPSA) is 61.0 Å². The van der Waals surface area contributed by atoms with Crippen molar-refractivity contribution >= 4 is 16.7 Å². The van der Waals surface area contributed by atoms with Crippen LogP contribution < -0.4 is 0 Å². The van der Waals surface area contributed by atoms with Crippen LogP contribution >= 0.6 is 0 Å². The molecule has 2 rings (SSSR count). The van der Waals surface area contributed by atoms with E-state index >= 15 is 0 Å². The molecule has 16 heavy (non-hydrogen) atoms. The van der Waals surface area contributed by atoms with E-state index < -0.39 is 0 Å². The van der Waals surface area contributed by atoms with Gasteiger partial charge in [0.1, 0.15) is 0 Å². The maximum atomic E-state index is 10.7. The molecule has 0 spiro atoms. The largest absolute Gasteiger partial charge is 0.328 e. The molecule has 0 saturated heterocycles. The quantitative estimate of drug-likeness (QED) is 0.589. The van der Waals surface area contributed by atoms with E-state index in [9.17, 15) is 10.1 Å². The Bertz CT molecular complexity index is 533. The number of nitro groups is 1. The lowest BCUT2D eigenvalue weighted by Crippen LogP contribution is -2.01. The second kappa shape index (κ2) is 3.92. The van der Waals surface area contributed by atoms with E-state index in [2.05, 4.69) is 18.8 Å². The van der Waals surface area contributed by atoms with Crippen LogP contribution in [0.25, 0.3) is 11.0 Å². The van der Waals surface area contributed by atoms with E-state index in [1.807, 2.05) is 4.57 Å². The summed E-state index contributed by atoms with van der Waals surface area (Å²) >= 11 is 0. The summed E-state index contributed by atoms with van der Waals surface area (Å²) in [6, 6.07) is 5.05. The number of rotatable bonds is 3. The fourth-order valence-electron chi connectivity index (χ4n) is 1.68. The molecule has 84 valence electrons. The Morgan fingerprint density at radius 1 is 1.56 bits per heavy atom. The number of nitrogens with zero attached hydrogens (tertiary/aromatic N) is 3. The van der Waals surface area contributed by atoms with Crippen molar-refractivity contribution in [3.05, 3.63) is 34.6 Å². The number of hydrogen-bond donors (Lipinski definition) is 0. The molecule has 1 aromatic heterocycles. The lowest BCUT2D eigenvalue weighted by atomic mass is 10.2. The van der Waals surface area contributed by atoms with Crippen molar-refractivity contribution in [2.24, 2.45) is 0 Å². The summed E-state index contributed by atoms with van der Waals surface area (Å²) in [6.45, 7) is 4.15. The van der Waals surface area contributed by atoms with Crippen LogP contribution in [0.1, 0.15) is 26.3 Å². The van der Waals surface area contributed by atoms with Crippen LogP contribution in [0.15, 0.2) is 24.5 Å². The minimum Gasteiger partial charge on any atom is -0.328 e. The summed E-state index contributed by atoms with van der Waals surface area (Å²) < 4.78 is 1.97. The fraction of sp³-hybridized carbons (Fsp3) is 0.364. The minimum atomic E-state index is -0.382. The van der Waals surface area contributed by atoms with Gasteiger partial charge in [-0.1, -0.05) is 6.92 Å². The van der Waals surface area contributed by atoms with Crippen LogP contribution in [0.3, 0.4) is 0 Å². The van der Waals surface area contributed by atoms with E-state index in [0.29, 0.717) is 6.04 Å². The van der Waals surface area contributed by atoms with E-state index in [0.717, 1.165) is 17.5 Å². The Morgan fingerprint density at radius 2 is 2.31 bits per heavy atom. The molecule has 0 N–H and O–H groups in total. The Kier molecular flexibility index (Phi) is 2.60. The van der Waals surface area contributed by atoms with Gasteiger partial charge in [0.25, 0.3) is 5.69 Å². The van der Waals surface area contributed by atoms with Crippen molar-refractivity contribution in [3.63, 3.8) is 0 Å². The third kappa shape index (κ3) is 1.64. The number of non-ortho nitro benzene ring substituents is 1. The minimum absolute atomic E-state index is 0.109. The van der Waals surface area contributed by atoms with Gasteiger partial charge in [0.15, 0.2) is 0 Å². The van der Waals surface area contributed by atoms with Gasteiger partial charge in [-0.3, -0.25) is 10.1 Å². The average molecular weight is 219 g/mol. The van der Waals surface area contributed by atoms with Crippen LogP contribution in [0, 0.1) is 10.1 Å². The van der Waals surface area contributed by atoms with Gasteiger partial charge >= 0.3 is 0 Å². The molecule has 1 aromatic carbocycles. The summed E-state index contributed by atoms with van der Waals surface area (Å²) in [5, 5.41) is 10.7. The molecule has 5 nitrogen and oxygen atoms in total. The van der Waals surface area contributed by atoms with Crippen molar-refractivity contribution < 1.29 is 4.92 Å². The van der Waals surface area contributed by atoms with Crippen LogP contribution in [-0.2, 0) is 0 Å².